The summed E-state index contributed by atoms with van der Waals surface area (Å²) in [5.74, 6) is -0.347. The van der Waals surface area contributed by atoms with Gasteiger partial charge in [-0.3, -0.25) is 14.9 Å². The zero-order chi connectivity index (χ0) is 14.7. The molecule has 0 spiro atoms. The van der Waals surface area contributed by atoms with E-state index in [-0.39, 0.29) is 11.6 Å². The Bertz CT molecular complexity index is 640. The van der Waals surface area contributed by atoms with Gasteiger partial charge in [0.05, 0.1) is 4.92 Å². The van der Waals surface area contributed by atoms with Crippen LogP contribution < -0.4 is 11.1 Å². The van der Waals surface area contributed by atoms with Gasteiger partial charge in [0, 0.05) is 22.2 Å². The summed E-state index contributed by atoms with van der Waals surface area (Å²) in [4.78, 5) is 23.0. The van der Waals surface area contributed by atoms with Gasteiger partial charge in [-0.05, 0) is 30.5 Å². The normalized spacial score (nSPS) is 11.9. The Hall–Kier alpha value is -2.25. The van der Waals surface area contributed by atoms with Crippen LogP contribution in [0.3, 0.4) is 0 Å². The maximum atomic E-state index is 12.0. The van der Waals surface area contributed by atoms with Gasteiger partial charge in [-0.2, -0.15) is 0 Å². The van der Waals surface area contributed by atoms with Gasteiger partial charge in [0.1, 0.15) is 6.04 Å². The fraction of sp³-hybridized carbons (Fsp3) is 0.154. The number of nitro groups is 1. The zero-order valence-corrected chi connectivity index (χ0v) is 11.5. The van der Waals surface area contributed by atoms with E-state index >= 15 is 0 Å². The monoisotopic (exact) mass is 291 g/mol. The predicted octanol–water partition coefficient (Wildman–Crippen LogP) is 2.60. The molecule has 1 amide bonds. The van der Waals surface area contributed by atoms with Gasteiger partial charge in [-0.1, -0.05) is 6.07 Å². The third-order valence-corrected chi connectivity index (χ3v) is 3.75. The number of aryl methyl sites for hydroxylation is 1. The summed E-state index contributed by atoms with van der Waals surface area (Å²) >= 11 is 1.40. The zero-order valence-electron chi connectivity index (χ0n) is 10.7. The van der Waals surface area contributed by atoms with Crippen LogP contribution in [0.1, 0.15) is 16.5 Å². The molecule has 0 saturated heterocycles. The van der Waals surface area contributed by atoms with Crippen molar-refractivity contribution < 1.29 is 9.72 Å². The van der Waals surface area contributed by atoms with Crippen LogP contribution in [0.25, 0.3) is 0 Å². The maximum Gasteiger partial charge on any atom is 0.272 e. The minimum atomic E-state index is -0.745. The fourth-order valence-corrected chi connectivity index (χ4v) is 2.48. The topological polar surface area (TPSA) is 98.3 Å². The molecule has 7 heteroatoms. The summed E-state index contributed by atoms with van der Waals surface area (Å²) in [6.07, 6.45) is 0. The van der Waals surface area contributed by atoms with Crippen molar-refractivity contribution >= 4 is 28.6 Å². The van der Waals surface area contributed by atoms with Gasteiger partial charge in [-0.15, -0.1) is 11.3 Å². The van der Waals surface area contributed by atoms with Crippen LogP contribution in [0.15, 0.2) is 35.7 Å². The predicted molar refractivity (Wildman–Crippen MR) is 77.7 cm³/mol. The smallest absolute Gasteiger partial charge is 0.272 e. The van der Waals surface area contributed by atoms with Crippen molar-refractivity contribution in [3.8, 4) is 0 Å². The fourth-order valence-electron chi connectivity index (χ4n) is 1.76. The lowest BCUT2D eigenvalue weighted by atomic mass is 10.1. The van der Waals surface area contributed by atoms with Crippen molar-refractivity contribution in [2.45, 2.75) is 13.0 Å². The number of nitrogens with zero attached hydrogens (tertiary/aromatic N) is 1. The highest BCUT2D eigenvalue weighted by Gasteiger charge is 2.18. The molecule has 2 aromatic rings. The van der Waals surface area contributed by atoms with E-state index in [0.29, 0.717) is 11.3 Å². The van der Waals surface area contributed by atoms with Crippen molar-refractivity contribution in [1.82, 2.24) is 0 Å². The molecular weight excluding hydrogens is 278 g/mol. The first-order valence-electron chi connectivity index (χ1n) is 5.84. The first-order chi connectivity index (χ1) is 9.49. The minimum Gasteiger partial charge on any atom is -0.324 e. The molecule has 0 aliphatic carbocycles. The second-order valence-corrected chi connectivity index (χ2v) is 5.22. The van der Waals surface area contributed by atoms with Crippen molar-refractivity contribution in [2.75, 3.05) is 5.32 Å². The molecule has 1 aromatic carbocycles. The van der Waals surface area contributed by atoms with E-state index in [4.69, 9.17) is 5.73 Å². The number of nitro benzene ring substituents is 1. The summed E-state index contributed by atoms with van der Waals surface area (Å²) in [6.45, 7) is 1.62. The van der Waals surface area contributed by atoms with Crippen LogP contribution in [0.5, 0.6) is 0 Å². The van der Waals surface area contributed by atoms with Crippen LogP contribution in [-0.2, 0) is 4.79 Å². The summed E-state index contributed by atoms with van der Waals surface area (Å²) < 4.78 is 0. The molecule has 1 unspecified atom stereocenters. The highest BCUT2D eigenvalue weighted by molar-refractivity contribution is 7.10. The van der Waals surface area contributed by atoms with Gasteiger partial charge >= 0.3 is 0 Å². The Morgan fingerprint density at radius 3 is 2.75 bits per heavy atom. The molecule has 0 radical (unpaired) electrons. The molecule has 3 N–H and O–H groups in total. The second-order valence-electron chi connectivity index (χ2n) is 4.24. The largest absolute Gasteiger partial charge is 0.324 e. The van der Waals surface area contributed by atoms with E-state index in [2.05, 4.69) is 5.32 Å². The molecule has 0 fully saturated rings. The van der Waals surface area contributed by atoms with Crippen LogP contribution in [0.2, 0.25) is 0 Å². The highest BCUT2D eigenvalue weighted by atomic mass is 32.1. The Morgan fingerprint density at radius 2 is 2.20 bits per heavy atom. The Morgan fingerprint density at radius 1 is 1.45 bits per heavy atom. The molecular formula is C13H13N3O3S. The van der Waals surface area contributed by atoms with Crippen LogP contribution >= 0.6 is 11.3 Å². The quantitative estimate of drug-likeness (QED) is 0.668. The SMILES string of the molecule is Cc1cc(NC(=O)C(N)c2cccs2)ccc1[N+](=O)[O-]. The highest BCUT2D eigenvalue weighted by Crippen LogP contribution is 2.23. The number of amides is 1. The van der Waals surface area contributed by atoms with Gasteiger partial charge in [0.25, 0.3) is 5.69 Å². The number of thiophene rings is 1. The third-order valence-electron chi connectivity index (χ3n) is 2.79. The number of nitrogens with one attached hydrogen (secondary N) is 1. The van der Waals surface area contributed by atoms with Crippen molar-refractivity contribution in [3.63, 3.8) is 0 Å². The molecule has 0 saturated carbocycles. The molecule has 0 aliphatic rings. The Labute approximate surface area is 119 Å². The van der Waals surface area contributed by atoms with Crippen LogP contribution in [0, 0.1) is 17.0 Å². The summed E-state index contributed by atoms with van der Waals surface area (Å²) in [5.41, 5.74) is 6.83. The van der Waals surface area contributed by atoms with E-state index < -0.39 is 11.0 Å². The lowest BCUT2D eigenvalue weighted by Gasteiger charge is -2.11. The first kappa shape index (κ1) is 14.2. The average molecular weight is 291 g/mol. The number of carbonyl (C=O) groups excluding carboxylic acids is 1. The van der Waals surface area contributed by atoms with Crippen molar-refractivity contribution in [2.24, 2.45) is 5.73 Å². The summed E-state index contributed by atoms with van der Waals surface area (Å²) in [5, 5.41) is 15.2. The van der Waals surface area contributed by atoms with Crippen LogP contribution in [0.4, 0.5) is 11.4 Å². The number of rotatable bonds is 4. The number of hydrogen-bond acceptors (Lipinski definition) is 5. The molecule has 0 aliphatic heterocycles. The van der Waals surface area contributed by atoms with Gasteiger partial charge in [0.2, 0.25) is 5.91 Å². The maximum absolute atomic E-state index is 12.0. The molecule has 1 heterocycles. The van der Waals surface area contributed by atoms with E-state index in [1.54, 1.807) is 19.1 Å². The molecule has 20 heavy (non-hydrogen) atoms. The molecule has 1 atom stereocenters. The molecule has 1 aromatic heterocycles. The molecule has 2 rings (SSSR count). The number of anilines is 1. The third kappa shape index (κ3) is 3.01. The number of benzene rings is 1. The van der Waals surface area contributed by atoms with E-state index in [0.717, 1.165) is 4.88 Å². The van der Waals surface area contributed by atoms with Gasteiger partial charge in [-0.25, -0.2) is 0 Å². The van der Waals surface area contributed by atoms with Crippen LogP contribution in [-0.4, -0.2) is 10.8 Å². The average Bonchev–Trinajstić information content (AvgIpc) is 2.91. The van der Waals surface area contributed by atoms with Crippen molar-refractivity contribution in [3.05, 3.63) is 56.3 Å². The van der Waals surface area contributed by atoms with Gasteiger partial charge < -0.3 is 11.1 Å². The standard InChI is InChI=1S/C13H13N3O3S/c1-8-7-9(4-5-10(8)16(18)19)15-13(17)12(14)11-3-2-6-20-11/h2-7,12H,14H2,1H3,(H,15,17). The summed E-state index contributed by atoms with van der Waals surface area (Å²) in [7, 11) is 0. The molecule has 6 nitrogen and oxygen atoms in total. The van der Waals surface area contributed by atoms with E-state index in [9.17, 15) is 14.9 Å². The van der Waals surface area contributed by atoms with E-state index in [1.807, 2.05) is 11.4 Å². The minimum absolute atomic E-state index is 0.0190. The number of carbonyl (C=O) groups is 1. The second kappa shape index (κ2) is 5.81. The van der Waals surface area contributed by atoms with Gasteiger partial charge in [0.15, 0.2) is 0 Å². The van der Waals surface area contributed by atoms with E-state index in [1.165, 1.54) is 23.5 Å². The first-order valence-corrected chi connectivity index (χ1v) is 6.72. The van der Waals surface area contributed by atoms with Crippen molar-refractivity contribution in [1.29, 1.82) is 0 Å². The Balaban J connectivity index is 2.12. The number of hydrogen-bond donors (Lipinski definition) is 2. The molecule has 0 bridgehead atoms. The summed E-state index contributed by atoms with van der Waals surface area (Å²) in [6, 6.07) is 7.27. The lowest BCUT2D eigenvalue weighted by Crippen LogP contribution is -2.27. The lowest BCUT2D eigenvalue weighted by molar-refractivity contribution is -0.385. The molecule has 104 valence electrons. The number of nitrogens with two attached hydrogens (primary N) is 1. The Kier molecular flexibility index (Phi) is 4.11.